The highest BCUT2D eigenvalue weighted by molar-refractivity contribution is 7.89. The molecule has 3 rings (SSSR count). The number of hydrogen-bond acceptors (Lipinski definition) is 6. The normalized spacial score (nSPS) is 14.1. The van der Waals surface area contributed by atoms with Crippen LogP contribution in [0.5, 0.6) is 0 Å². The zero-order valence-electron chi connectivity index (χ0n) is 16.0. The van der Waals surface area contributed by atoms with E-state index in [9.17, 15) is 22.8 Å². The second-order valence-corrected chi connectivity index (χ2v) is 9.11. The van der Waals surface area contributed by atoms with Gasteiger partial charge in [-0.3, -0.25) is 9.59 Å². The molecule has 1 amide bonds. The van der Waals surface area contributed by atoms with Crippen molar-refractivity contribution in [1.82, 2.24) is 0 Å². The Bertz CT molecular complexity index is 1040. The number of anilines is 1. The Morgan fingerprint density at radius 3 is 2.41 bits per heavy atom. The van der Waals surface area contributed by atoms with Crippen LogP contribution in [0.1, 0.15) is 39.1 Å². The van der Waals surface area contributed by atoms with E-state index in [0.29, 0.717) is 29.8 Å². The van der Waals surface area contributed by atoms with Crippen LogP contribution >= 0.6 is 0 Å². The number of hydrogen-bond donors (Lipinski definition) is 0. The van der Waals surface area contributed by atoms with Crippen molar-refractivity contribution in [3.05, 3.63) is 65.2 Å². The van der Waals surface area contributed by atoms with E-state index in [1.54, 1.807) is 29.2 Å². The van der Waals surface area contributed by atoms with Crippen LogP contribution in [-0.2, 0) is 25.1 Å². The second-order valence-electron chi connectivity index (χ2n) is 6.97. The molecule has 0 aliphatic carbocycles. The van der Waals surface area contributed by atoms with E-state index in [1.165, 1.54) is 24.3 Å². The lowest BCUT2D eigenvalue weighted by Gasteiger charge is -2.16. The Hall–Kier alpha value is -3.00. The van der Waals surface area contributed by atoms with Gasteiger partial charge in [-0.25, -0.2) is 13.2 Å². The lowest BCUT2D eigenvalue weighted by molar-refractivity contribution is -0.117. The number of nitrogens with zero attached hydrogens (tertiary/aromatic N) is 1. The van der Waals surface area contributed by atoms with E-state index in [-0.39, 0.29) is 23.0 Å². The topological polar surface area (TPSA) is 97.8 Å². The SMILES string of the molecule is CS(=O)(=O)Cc1ccc(C(=O)OCC(=O)c2cccc(N3CCCC3=O)c2)cc1. The largest absolute Gasteiger partial charge is 0.454 e. The van der Waals surface area contributed by atoms with Crippen LogP contribution in [-0.4, -0.2) is 45.5 Å². The number of esters is 1. The molecular formula is C21H21NO6S. The molecule has 7 nitrogen and oxygen atoms in total. The van der Waals surface area contributed by atoms with Gasteiger partial charge in [0.1, 0.15) is 0 Å². The Balaban J connectivity index is 1.60. The van der Waals surface area contributed by atoms with Gasteiger partial charge in [-0.1, -0.05) is 24.3 Å². The number of ether oxygens (including phenoxy) is 1. The van der Waals surface area contributed by atoms with E-state index in [0.717, 1.165) is 12.7 Å². The number of rotatable bonds is 7. The summed E-state index contributed by atoms with van der Waals surface area (Å²) in [6, 6.07) is 12.7. The second kappa shape index (κ2) is 8.57. The van der Waals surface area contributed by atoms with Gasteiger partial charge < -0.3 is 9.64 Å². The molecule has 152 valence electrons. The molecule has 0 saturated carbocycles. The highest BCUT2D eigenvalue weighted by atomic mass is 32.2. The fourth-order valence-corrected chi connectivity index (χ4v) is 3.90. The molecule has 1 aliphatic rings. The van der Waals surface area contributed by atoms with Crippen molar-refractivity contribution in [2.24, 2.45) is 0 Å². The smallest absolute Gasteiger partial charge is 0.338 e. The first-order valence-electron chi connectivity index (χ1n) is 9.10. The number of carbonyl (C=O) groups is 3. The molecular weight excluding hydrogens is 394 g/mol. The molecule has 0 atom stereocenters. The van der Waals surface area contributed by atoms with Crippen molar-refractivity contribution in [1.29, 1.82) is 0 Å². The Kier molecular flexibility index (Phi) is 6.12. The van der Waals surface area contributed by atoms with E-state index < -0.39 is 22.4 Å². The third kappa shape index (κ3) is 5.51. The van der Waals surface area contributed by atoms with Crippen LogP contribution in [0.3, 0.4) is 0 Å². The summed E-state index contributed by atoms with van der Waals surface area (Å²) in [5.41, 5.74) is 1.81. The number of sulfone groups is 1. The van der Waals surface area contributed by atoms with Crippen molar-refractivity contribution in [2.75, 3.05) is 24.3 Å². The molecule has 2 aromatic rings. The maximum Gasteiger partial charge on any atom is 0.338 e. The molecule has 0 N–H and O–H groups in total. The molecule has 1 aliphatic heterocycles. The first-order valence-corrected chi connectivity index (χ1v) is 11.2. The minimum atomic E-state index is -3.16. The summed E-state index contributed by atoms with van der Waals surface area (Å²) in [6.45, 7) is 0.197. The fourth-order valence-electron chi connectivity index (χ4n) is 3.11. The van der Waals surface area contributed by atoms with Gasteiger partial charge in [0, 0.05) is 30.5 Å². The molecule has 2 aromatic carbocycles. The Morgan fingerprint density at radius 2 is 1.79 bits per heavy atom. The maximum absolute atomic E-state index is 12.4. The Morgan fingerprint density at radius 1 is 1.07 bits per heavy atom. The molecule has 0 bridgehead atoms. The average molecular weight is 415 g/mol. The van der Waals surface area contributed by atoms with E-state index in [1.807, 2.05) is 0 Å². The third-order valence-electron chi connectivity index (χ3n) is 4.51. The van der Waals surface area contributed by atoms with Crippen molar-refractivity contribution in [2.45, 2.75) is 18.6 Å². The molecule has 8 heteroatoms. The van der Waals surface area contributed by atoms with Gasteiger partial charge in [-0.2, -0.15) is 0 Å². The van der Waals surface area contributed by atoms with E-state index in [2.05, 4.69) is 0 Å². The van der Waals surface area contributed by atoms with Gasteiger partial charge in [-0.05, 0) is 36.2 Å². The standard InChI is InChI=1S/C21H21NO6S/c1-29(26,27)14-15-7-9-16(10-8-15)21(25)28-13-19(23)17-4-2-5-18(12-17)22-11-3-6-20(22)24/h2,4-5,7-10,12H,3,6,11,13-14H2,1H3. The van der Waals surface area contributed by atoms with Crippen LogP contribution in [0, 0.1) is 0 Å². The number of benzene rings is 2. The van der Waals surface area contributed by atoms with Gasteiger partial charge >= 0.3 is 5.97 Å². The summed E-state index contributed by atoms with van der Waals surface area (Å²) in [5.74, 6) is -1.13. The zero-order valence-corrected chi connectivity index (χ0v) is 16.8. The molecule has 0 radical (unpaired) electrons. The van der Waals surface area contributed by atoms with Gasteiger partial charge in [0.15, 0.2) is 22.2 Å². The quantitative estimate of drug-likeness (QED) is 0.509. The highest BCUT2D eigenvalue weighted by Gasteiger charge is 2.22. The first kappa shape index (κ1) is 20.7. The molecule has 1 saturated heterocycles. The van der Waals surface area contributed by atoms with Gasteiger partial charge in [-0.15, -0.1) is 0 Å². The van der Waals surface area contributed by atoms with Crippen molar-refractivity contribution in [3.63, 3.8) is 0 Å². The van der Waals surface area contributed by atoms with E-state index >= 15 is 0 Å². The van der Waals surface area contributed by atoms with Crippen LogP contribution in [0.25, 0.3) is 0 Å². The monoisotopic (exact) mass is 415 g/mol. The van der Waals surface area contributed by atoms with Crippen LogP contribution in [0.15, 0.2) is 48.5 Å². The first-order chi connectivity index (χ1) is 13.7. The number of ketones is 1. The summed E-state index contributed by atoms with van der Waals surface area (Å²) in [5, 5.41) is 0. The van der Waals surface area contributed by atoms with Crippen LogP contribution < -0.4 is 4.90 Å². The average Bonchev–Trinajstić information content (AvgIpc) is 3.11. The summed E-state index contributed by atoms with van der Waals surface area (Å²) in [7, 11) is -3.16. The summed E-state index contributed by atoms with van der Waals surface area (Å²) >= 11 is 0. The molecule has 1 heterocycles. The van der Waals surface area contributed by atoms with Crippen molar-refractivity contribution in [3.8, 4) is 0 Å². The summed E-state index contributed by atoms with van der Waals surface area (Å²) in [4.78, 5) is 38.0. The Labute approximate surface area is 169 Å². The van der Waals surface area contributed by atoms with Gasteiger partial charge in [0.2, 0.25) is 5.91 Å². The fraction of sp³-hybridized carbons (Fsp3) is 0.286. The van der Waals surface area contributed by atoms with Crippen molar-refractivity contribution >= 4 is 33.2 Å². The lowest BCUT2D eigenvalue weighted by Crippen LogP contribution is -2.24. The molecule has 0 spiro atoms. The predicted molar refractivity (Wildman–Crippen MR) is 108 cm³/mol. The third-order valence-corrected chi connectivity index (χ3v) is 5.36. The van der Waals surface area contributed by atoms with Gasteiger partial charge in [0.05, 0.1) is 11.3 Å². The summed E-state index contributed by atoms with van der Waals surface area (Å²) < 4.78 is 27.7. The number of amides is 1. The van der Waals surface area contributed by atoms with Crippen molar-refractivity contribution < 1.29 is 27.5 Å². The molecule has 1 fully saturated rings. The van der Waals surface area contributed by atoms with Gasteiger partial charge in [0.25, 0.3) is 0 Å². The maximum atomic E-state index is 12.4. The van der Waals surface area contributed by atoms with Crippen LogP contribution in [0.4, 0.5) is 5.69 Å². The summed E-state index contributed by atoms with van der Waals surface area (Å²) in [6.07, 6.45) is 2.42. The lowest BCUT2D eigenvalue weighted by atomic mass is 10.1. The number of carbonyl (C=O) groups excluding carboxylic acids is 3. The highest BCUT2D eigenvalue weighted by Crippen LogP contribution is 2.22. The minimum absolute atomic E-state index is 0.0281. The molecule has 29 heavy (non-hydrogen) atoms. The number of Topliss-reactive ketones (excluding diaryl/α,β-unsaturated/α-hetero) is 1. The van der Waals surface area contributed by atoms with Crippen LogP contribution in [0.2, 0.25) is 0 Å². The minimum Gasteiger partial charge on any atom is -0.454 e. The van der Waals surface area contributed by atoms with E-state index in [4.69, 9.17) is 4.74 Å². The zero-order chi connectivity index (χ0) is 21.0. The molecule has 0 unspecified atom stereocenters. The predicted octanol–water partition coefficient (Wildman–Crippen LogP) is 2.40. The molecule has 0 aromatic heterocycles.